The van der Waals surface area contributed by atoms with Crippen LogP contribution in [0.1, 0.15) is 36.8 Å². The number of aliphatic hydroxyl groups is 1. The molecule has 0 saturated carbocycles. The highest BCUT2D eigenvalue weighted by Crippen LogP contribution is 2.43. The van der Waals surface area contributed by atoms with Crippen LogP contribution in [-0.2, 0) is 16.1 Å². The summed E-state index contributed by atoms with van der Waals surface area (Å²) in [5.74, 6) is -2.92. The molecule has 5 N–H and O–H groups in total. The van der Waals surface area contributed by atoms with Gasteiger partial charge in [0.2, 0.25) is 17.1 Å². The molecule has 2 heterocycles. The van der Waals surface area contributed by atoms with Gasteiger partial charge in [-0.2, -0.15) is 5.23 Å². The zero-order valence-corrected chi connectivity index (χ0v) is 15.7. The monoisotopic (exact) mass is 404 g/mol. The molecule has 2 aromatic rings. The van der Waals surface area contributed by atoms with Gasteiger partial charge >= 0.3 is 5.97 Å². The molecular weight excluding hydrogens is 384 g/mol. The number of rotatable bonds is 5. The summed E-state index contributed by atoms with van der Waals surface area (Å²) in [5, 5.41) is 29.6. The molecule has 29 heavy (non-hydrogen) atoms. The topological polar surface area (TPSA) is 160 Å². The van der Waals surface area contributed by atoms with Gasteiger partial charge < -0.3 is 29.9 Å². The van der Waals surface area contributed by atoms with E-state index in [1.54, 1.807) is 19.9 Å². The Hall–Kier alpha value is -3.18. The van der Waals surface area contributed by atoms with Crippen molar-refractivity contribution in [3.05, 3.63) is 74.3 Å². The minimum absolute atomic E-state index is 0.0767. The molecule has 0 amide bonds. The van der Waals surface area contributed by atoms with Gasteiger partial charge in [0.05, 0.1) is 12.0 Å². The summed E-state index contributed by atoms with van der Waals surface area (Å²) in [6, 6.07) is 6.95. The number of benzene rings is 1. The lowest BCUT2D eigenvalue weighted by Crippen LogP contribution is -2.99. The Morgan fingerprint density at radius 2 is 2.07 bits per heavy atom. The first-order valence-corrected chi connectivity index (χ1v) is 8.73. The number of para-hydroxylation sites is 1. The van der Waals surface area contributed by atoms with Crippen molar-refractivity contribution in [1.82, 2.24) is 0 Å². The van der Waals surface area contributed by atoms with Crippen molar-refractivity contribution in [2.75, 3.05) is 0 Å². The lowest BCUT2D eigenvalue weighted by Gasteiger charge is -2.28. The number of nitrogens with one attached hydrogen (secondary N) is 1. The Bertz CT molecular complexity index is 1030. The van der Waals surface area contributed by atoms with E-state index in [1.807, 2.05) is 0 Å². The predicted octanol–water partition coefficient (Wildman–Crippen LogP) is 0.182. The van der Waals surface area contributed by atoms with Crippen LogP contribution in [0.25, 0.3) is 0 Å². The molecule has 0 spiro atoms. The third-order valence-electron chi connectivity index (χ3n) is 4.23. The summed E-state index contributed by atoms with van der Waals surface area (Å²) >= 11 is 0. The van der Waals surface area contributed by atoms with Crippen molar-refractivity contribution >= 4 is 11.7 Å². The maximum absolute atomic E-state index is 12.8. The lowest BCUT2D eigenvalue weighted by atomic mass is 9.85. The number of nitrogens with two attached hydrogens (primary N) is 1. The molecule has 10 nitrogen and oxygen atoms in total. The molecule has 0 aliphatic carbocycles. The summed E-state index contributed by atoms with van der Waals surface area (Å²) in [5.41, 5.74) is 5.15. The Kier molecular flexibility index (Phi) is 5.71. The fourth-order valence-electron chi connectivity index (χ4n) is 3.09. The van der Waals surface area contributed by atoms with Gasteiger partial charge in [0, 0.05) is 17.7 Å². The van der Waals surface area contributed by atoms with Gasteiger partial charge in [0.25, 0.3) is 0 Å². The van der Waals surface area contributed by atoms with Crippen LogP contribution in [0.4, 0.5) is 5.69 Å². The summed E-state index contributed by atoms with van der Waals surface area (Å²) in [6.07, 6.45) is -0.490. The van der Waals surface area contributed by atoms with Gasteiger partial charge in [0.1, 0.15) is 17.9 Å². The van der Waals surface area contributed by atoms with Gasteiger partial charge in [0.15, 0.2) is 11.4 Å². The largest absolute Gasteiger partial charge is 0.595 e. The first-order valence-electron chi connectivity index (χ1n) is 8.73. The normalized spacial score (nSPS) is 17.0. The molecule has 1 unspecified atom stereocenters. The van der Waals surface area contributed by atoms with Crippen LogP contribution in [0.3, 0.4) is 0 Å². The van der Waals surface area contributed by atoms with Gasteiger partial charge in [-0.05, 0) is 13.8 Å². The van der Waals surface area contributed by atoms with Crippen LogP contribution >= 0.6 is 0 Å². The maximum Gasteiger partial charge on any atom is 0.340 e. The summed E-state index contributed by atoms with van der Waals surface area (Å²) in [6.45, 7) is 2.69. The Balaban J connectivity index is 2.32. The minimum atomic E-state index is -1.25. The SMILES string of the molecule is CC(C)OC(=O)C1=C(N)Oc2c(oc(CO)cc2=O)[C@@H]1c1ccccc1[NH+]([O-])O. The fraction of sp³-hybridized carbons (Fsp3) is 0.263. The third-order valence-corrected chi connectivity index (χ3v) is 4.23. The highest BCUT2D eigenvalue weighted by atomic mass is 16.8. The van der Waals surface area contributed by atoms with Crippen molar-refractivity contribution in [2.24, 2.45) is 5.73 Å². The van der Waals surface area contributed by atoms with E-state index in [0.717, 1.165) is 6.07 Å². The highest BCUT2D eigenvalue weighted by Gasteiger charge is 2.41. The van der Waals surface area contributed by atoms with E-state index in [4.69, 9.17) is 19.6 Å². The van der Waals surface area contributed by atoms with Crippen molar-refractivity contribution in [1.29, 1.82) is 0 Å². The standard InChI is InChI=1S/C19H20N2O8/c1-9(2)27-19(24)15-14(11-5-3-4-6-12(11)21(25)26)17-16(29-18(15)20)13(23)7-10(8-22)28-17/h3-7,9,14,21-22,25H,8,20H2,1-2H3/t14-/m1/s1. The number of aliphatic hydroxyl groups excluding tert-OH is 1. The number of carbonyl (C=O) groups excluding carboxylic acids is 1. The van der Waals surface area contributed by atoms with E-state index in [0.29, 0.717) is 0 Å². The zero-order chi connectivity index (χ0) is 21.3. The molecule has 1 aliphatic heterocycles. The van der Waals surface area contributed by atoms with E-state index < -0.39 is 41.1 Å². The molecule has 1 aliphatic rings. The van der Waals surface area contributed by atoms with Crippen molar-refractivity contribution < 1.29 is 34.2 Å². The lowest BCUT2D eigenvalue weighted by molar-refractivity contribution is -0.991. The molecule has 0 fully saturated rings. The smallest absolute Gasteiger partial charge is 0.340 e. The van der Waals surface area contributed by atoms with Crippen LogP contribution in [0.15, 0.2) is 51.0 Å². The number of quaternary nitrogens is 1. The second-order valence-electron chi connectivity index (χ2n) is 6.59. The average molecular weight is 404 g/mol. The third kappa shape index (κ3) is 3.87. The van der Waals surface area contributed by atoms with Gasteiger partial charge in [-0.15, -0.1) is 0 Å². The number of carbonyl (C=O) groups is 1. The molecule has 0 bridgehead atoms. The molecule has 3 rings (SSSR count). The summed E-state index contributed by atoms with van der Waals surface area (Å²) in [4.78, 5) is 25.2. The molecule has 154 valence electrons. The number of esters is 1. The first-order chi connectivity index (χ1) is 13.7. The quantitative estimate of drug-likeness (QED) is 0.403. The second-order valence-corrected chi connectivity index (χ2v) is 6.59. The average Bonchev–Trinajstić information content (AvgIpc) is 2.66. The molecular formula is C19H20N2O8. The van der Waals surface area contributed by atoms with Gasteiger partial charge in [-0.25, -0.2) is 10.0 Å². The van der Waals surface area contributed by atoms with Crippen LogP contribution in [0, 0.1) is 5.21 Å². The van der Waals surface area contributed by atoms with E-state index >= 15 is 0 Å². The molecule has 1 aromatic carbocycles. The van der Waals surface area contributed by atoms with E-state index in [2.05, 4.69) is 0 Å². The number of hydrogen-bond donors (Lipinski definition) is 4. The Morgan fingerprint density at radius 1 is 1.38 bits per heavy atom. The van der Waals surface area contributed by atoms with E-state index in [1.165, 1.54) is 18.2 Å². The highest BCUT2D eigenvalue weighted by molar-refractivity contribution is 5.92. The number of hydrogen-bond acceptors (Lipinski definition) is 9. The van der Waals surface area contributed by atoms with Gasteiger partial charge in [-0.3, -0.25) is 4.79 Å². The number of ether oxygens (including phenoxy) is 2. The Morgan fingerprint density at radius 3 is 2.69 bits per heavy atom. The van der Waals surface area contributed by atoms with Gasteiger partial charge in [-0.1, -0.05) is 18.2 Å². The fourth-order valence-corrected chi connectivity index (χ4v) is 3.09. The molecule has 0 radical (unpaired) electrons. The summed E-state index contributed by atoms with van der Waals surface area (Å²) in [7, 11) is 0. The van der Waals surface area contributed by atoms with Crippen LogP contribution in [0.2, 0.25) is 0 Å². The summed E-state index contributed by atoms with van der Waals surface area (Å²) < 4.78 is 16.2. The molecule has 0 saturated heterocycles. The minimum Gasteiger partial charge on any atom is -0.595 e. The molecule has 10 heteroatoms. The number of fused-ring (bicyclic) bond motifs is 1. The van der Waals surface area contributed by atoms with Crippen molar-refractivity contribution in [3.63, 3.8) is 0 Å². The zero-order valence-electron chi connectivity index (χ0n) is 15.7. The van der Waals surface area contributed by atoms with E-state index in [-0.39, 0.29) is 34.1 Å². The molecule has 2 atom stereocenters. The van der Waals surface area contributed by atoms with Crippen LogP contribution in [0.5, 0.6) is 5.75 Å². The first kappa shape index (κ1) is 20.6. The van der Waals surface area contributed by atoms with Crippen LogP contribution < -0.4 is 21.1 Å². The maximum atomic E-state index is 12.8. The Labute approximate surface area is 164 Å². The predicted molar refractivity (Wildman–Crippen MR) is 98.0 cm³/mol. The molecule has 1 aromatic heterocycles. The van der Waals surface area contributed by atoms with E-state index in [9.17, 15) is 25.1 Å². The van der Waals surface area contributed by atoms with Crippen LogP contribution in [-0.4, -0.2) is 22.4 Å². The second kappa shape index (κ2) is 8.05. The van der Waals surface area contributed by atoms with Crippen molar-refractivity contribution in [2.45, 2.75) is 32.5 Å². The van der Waals surface area contributed by atoms with Crippen molar-refractivity contribution in [3.8, 4) is 5.75 Å².